The van der Waals surface area contributed by atoms with Crippen LogP contribution in [0.25, 0.3) is 0 Å². The van der Waals surface area contributed by atoms with Crippen LogP contribution in [0, 0.1) is 5.92 Å². The van der Waals surface area contributed by atoms with Gasteiger partial charge in [-0.2, -0.15) is 0 Å². The van der Waals surface area contributed by atoms with Gasteiger partial charge in [-0.25, -0.2) is 13.1 Å². The number of carbonyl (C=O) groups excluding carboxylic acids is 1. The number of hydrogen-bond donors (Lipinski definition) is 3. The SMILES string of the molecule is CC(C)NS(=O)(=O)c1ccc(NC(=O)C(N)C2CCOCC2)cc1. The van der Waals surface area contributed by atoms with Crippen molar-refractivity contribution in [3.8, 4) is 0 Å². The minimum Gasteiger partial charge on any atom is -0.381 e. The minimum absolute atomic E-state index is 0.105. The van der Waals surface area contributed by atoms with Crippen LogP contribution in [0.1, 0.15) is 26.7 Å². The fraction of sp³-hybridized carbons (Fsp3) is 0.562. The summed E-state index contributed by atoms with van der Waals surface area (Å²) in [4.78, 5) is 12.4. The first-order valence-corrected chi connectivity index (χ1v) is 9.54. The highest BCUT2D eigenvalue weighted by Crippen LogP contribution is 2.19. The molecule has 1 aliphatic heterocycles. The van der Waals surface area contributed by atoms with Crippen LogP contribution in [0.4, 0.5) is 5.69 Å². The fourth-order valence-electron chi connectivity index (χ4n) is 2.61. The molecule has 24 heavy (non-hydrogen) atoms. The van der Waals surface area contributed by atoms with Gasteiger partial charge in [0.25, 0.3) is 0 Å². The zero-order valence-corrected chi connectivity index (χ0v) is 14.8. The molecule has 1 aromatic carbocycles. The second kappa shape index (κ2) is 8.06. The number of nitrogens with one attached hydrogen (secondary N) is 2. The van der Waals surface area contributed by atoms with Gasteiger partial charge in [-0.3, -0.25) is 4.79 Å². The Morgan fingerprint density at radius 2 is 1.79 bits per heavy atom. The first-order chi connectivity index (χ1) is 11.3. The third-order valence-corrected chi connectivity index (χ3v) is 5.57. The zero-order valence-electron chi connectivity index (χ0n) is 14.0. The Balaban J connectivity index is 1.99. The van der Waals surface area contributed by atoms with Crippen LogP contribution >= 0.6 is 0 Å². The number of ether oxygens (including phenoxy) is 1. The van der Waals surface area contributed by atoms with Crippen molar-refractivity contribution >= 4 is 21.6 Å². The summed E-state index contributed by atoms with van der Waals surface area (Å²) >= 11 is 0. The highest BCUT2D eigenvalue weighted by Gasteiger charge is 2.26. The summed E-state index contributed by atoms with van der Waals surface area (Å²) in [6.45, 7) is 4.76. The van der Waals surface area contributed by atoms with Gasteiger partial charge < -0.3 is 15.8 Å². The quantitative estimate of drug-likeness (QED) is 0.707. The zero-order chi connectivity index (χ0) is 17.7. The van der Waals surface area contributed by atoms with Crippen LogP contribution in [-0.2, 0) is 19.6 Å². The molecule has 7 nitrogen and oxygen atoms in total. The number of anilines is 1. The van der Waals surface area contributed by atoms with E-state index in [2.05, 4.69) is 10.0 Å². The van der Waals surface area contributed by atoms with E-state index in [4.69, 9.17) is 10.5 Å². The van der Waals surface area contributed by atoms with Gasteiger partial charge in [-0.1, -0.05) is 0 Å². The summed E-state index contributed by atoms with van der Waals surface area (Å²) in [5.41, 5.74) is 6.54. The lowest BCUT2D eigenvalue weighted by atomic mass is 9.92. The van der Waals surface area contributed by atoms with Crippen molar-refractivity contribution in [2.24, 2.45) is 11.7 Å². The lowest BCUT2D eigenvalue weighted by Gasteiger charge is -2.26. The predicted molar refractivity (Wildman–Crippen MR) is 92.0 cm³/mol. The number of nitrogens with two attached hydrogens (primary N) is 1. The standard InChI is InChI=1S/C16H25N3O4S/c1-11(2)19-24(21,22)14-5-3-13(4-6-14)18-16(20)15(17)12-7-9-23-10-8-12/h3-6,11-12,15,19H,7-10,17H2,1-2H3,(H,18,20). The molecule has 0 bridgehead atoms. The number of amides is 1. The van der Waals surface area contributed by atoms with Gasteiger partial charge in [0.15, 0.2) is 0 Å². The molecule has 1 aliphatic rings. The third kappa shape index (κ3) is 5.01. The summed E-state index contributed by atoms with van der Waals surface area (Å²) in [6, 6.07) is 5.25. The van der Waals surface area contributed by atoms with Crippen molar-refractivity contribution in [1.82, 2.24) is 4.72 Å². The summed E-state index contributed by atoms with van der Waals surface area (Å²) in [7, 11) is -3.54. The Hall–Kier alpha value is -1.48. The molecule has 4 N–H and O–H groups in total. The number of hydrogen-bond acceptors (Lipinski definition) is 5. The molecule has 0 saturated carbocycles. The first-order valence-electron chi connectivity index (χ1n) is 8.06. The van der Waals surface area contributed by atoms with Gasteiger partial charge in [-0.05, 0) is 56.9 Å². The monoisotopic (exact) mass is 355 g/mol. The van der Waals surface area contributed by atoms with Crippen molar-refractivity contribution in [1.29, 1.82) is 0 Å². The average Bonchev–Trinajstić information content (AvgIpc) is 2.54. The largest absolute Gasteiger partial charge is 0.381 e. The second-order valence-corrected chi connectivity index (χ2v) is 7.98. The van der Waals surface area contributed by atoms with E-state index in [1.54, 1.807) is 26.0 Å². The summed E-state index contributed by atoms with van der Waals surface area (Å²) in [6.07, 6.45) is 1.54. The van der Waals surface area contributed by atoms with E-state index in [-0.39, 0.29) is 22.8 Å². The van der Waals surface area contributed by atoms with Gasteiger partial charge >= 0.3 is 0 Å². The van der Waals surface area contributed by atoms with E-state index in [0.29, 0.717) is 18.9 Å². The number of rotatable bonds is 6. The van der Waals surface area contributed by atoms with Gasteiger partial charge in [0, 0.05) is 24.9 Å². The molecule has 0 radical (unpaired) electrons. The molecule has 1 fully saturated rings. The number of sulfonamides is 1. The van der Waals surface area contributed by atoms with E-state index < -0.39 is 16.1 Å². The molecular formula is C16H25N3O4S. The molecule has 2 rings (SSSR count). The molecule has 1 heterocycles. The maximum atomic E-state index is 12.2. The molecule has 134 valence electrons. The van der Waals surface area contributed by atoms with Crippen molar-refractivity contribution in [2.75, 3.05) is 18.5 Å². The van der Waals surface area contributed by atoms with E-state index >= 15 is 0 Å². The van der Waals surface area contributed by atoms with Crippen molar-refractivity contribution < 1.29 is 17.9 Å². The normalized spacial score (nSPS) is 17.7. The van der Waals surface area contributed by atoms with Gasteiger partial charge in [0.2, 0.25) is 15.9 Å². The molecule has 1 amide bonds. The Morgan fingerprint density at radius 1 is 1.21 bits per heavy atom. The van der Waals surface area contributed by atoms with Crippen LogP contribution in [-0.4, -0.2) is 39.6 Å². The van der Waals surface area contributed by atoms with Crippen LogP contribution in [0.5, 0.6) is 0 Å². The molecule has 0 aliphatic carbocycles. The molecule has 0 aromatic heterocycles. The predicted octanol–water partition coefficient (Wildman–Crippen LogP) is 1.07. The molecule has 0 spiro atoms. The average molecular weight is 355 g/mol. The Bertz CT molecular complexity index is 652. The highest BCUT2D eigenvalue weighted by molar-refractivity contribution is 7.89. The van der Waals surface area contributed by atoms with Crippen molar-refractivity contribution in [2.45, 2.75) is 43.7 Å². The van der Waals surface area contributed by atoms with E-state index in [1.807, 2.05) is 0 Å². The molecule has 1 aromatic rings. The highest BCUT2D eigenvalue weighted by atomic mass is 32.2. The van der Waals surface area contributed by atoms with E-state index in [1.165, 1.54) is 12.1 Å². The number of benzene rings is 1. The summed E-state index contributed by atoms with van der Waals surface area (Å²) < 4.78 is 31.9. The maximum Gasteiger partial charge on any atom is 0.241 e. The van der Waals surface area contributed by atoms with Gasteiger partial charge in [0.1, 0.15) is 0 Å². The molecule has 1 saturated heterocycles. The van der Waals surface area contributed by atoms with Crippen LogP contribution in [0.2, 0.25) is 0 Å². The maximum absolute atomic E-state index is 12.2. The smallest absolute Gasteiger partial charge is 0.241 e. The van der Waals surface area contributed by atoms with Gasteiger partial charge in [0.05, 0.1) is 10.9 Å². The molecule has 8 heteroatoms. The van der Waals surface area contributed by atoms with Crippen molar-refractivity contribution in [3.63, 3.8) is 0 Å². The topological polar surface area (TPSA) is 111 Å². The lowest BCUT2D eigenvalue weighted by Crippen LogP contribution is -2.44. The molecule has 1 unspecified atom stereocenters. The van der Waals surface area contributed by atoms with Gasteiger partial charge in [-0.15, -0.1) is 0 Å². The third-order valence-electron chi connectivity index (χ3n) is 3.90. The second-order valence-electron chi connectivity index (χ2n) is 6.27. The summed E-state index contributed by atoms with van der Waals surface area (Å²) in [5, 5.41) is 2.74. The summed E-state index contributed by atoms with van der Waals surface area (Å²) in [5.74, 6) is -0.161. The van der Waals surface area contributed by atoms with Crippen LogP contribution in [0.3, 0.4) is 0 Å². The van der Waals surface area contributed by atoms with E-state index in [9.17, 15) is 13.2 Å². The Labute approximate surface area is 143 Å². The van der Waals surface area contributed by atoms with E-state index in [0.717, 1.165) is 12.8 Å². The van der Waals surface area contributed by atoms with Crippen LogP contribution < -0.4 is 15.8 Å². The Morgan fingerprint density at radius 3 is 2.33 bits per heavy atom. The molecule has 1 atom stereocenters. The van der Waals surface area contributed by atoms with Crippen molar-refractivity contribution in [3.05, 3.63) is 24.3 Å². The number of carbonyl (C=O) groups is 1. The lowest BCUT2D eigenvalue weighted by molar-refractivity contribution is -0.119. The first kappa shape index (κ1) is 18.9. The van der Waals surface area contributed by atoms with Crippen LogP contribution in [0.15, 0.2) is 29.2 Å². The molecular weight excluding hydrogens is 330 g/mol. The fourth-order valence-corrected chi connectivity index (χ4v) is 3.86. The minimum atomic E-state index is -3.54. The Kier molecular flexibility index (Phi) is 6.34.